The fourth-order valence-corrected chi connectivity index (χ4v) is 0.713. The molecule has 1 atom stereocenters. The summed E-state index contributed by atoms with van der Waals surface area (Å²) >= 11 is 0. The molecule has 0 saturated heterocycles. The van der Waals surface area contributed by atoms with Crippen LogP contribution < -0.4 is 0 Å². The average Bonchev–Trinajstić information content (AvgIpc) is 1.98. The third kappa shape index (κ3) is 7.57. The molecule has 0 saturated carbocycles. The lowest BCUT2D eigenvalue weighted by atomic mass is 10.6. The van der Waals surface area contributed by atoms with Gasteiger partial charge in [0.05, 0.1) is 12.4 Å². The van der Waals surface area contributed by atoms with Gasteiger partial charge in [0.15, 0.2) is 6.29 Å². The van der Waals surface area contributed by atoms with Gasteiger partial charge in [-0.2, -0.15) is 0 Å². The van der Waals surface area contributed by atoms with E-state index in [1.165, 1.54) is 0 Å². The van der Waals surface area contributed by atoms with E-state index in [-0.39, 0.29) is 6.29 Å². The minimum atomic E-state index is -0.149. The molecule has 72 valence electrons. The Morgan fingerprint density at radius 3 is 2.50 bits per heavy atom. The second-order valence-corrected chi connectivity index (χ2v) is 2.44. The van der Waals surface area contributed by atoms with Gasteiger partial charge >= 0.3 is 0 Å². The van der Waals surface area contributed by atoms with Crippen molar-refractivity contribution in [1.29, 1.82) is 0 Å². The maximum atomic E-state index is 5.24. The molecule has 0 radical (unpaired) electrons. The van der Waals surface area contributed by atoms with Crippen molar-refractivity contribution in [2.24, 2.45) is 0 Å². The second-order valence-electron chi connectivity index (χ2n) is 2.44. The van der Waals surface area contributed by atoms with E-state index in [4.69, 9.17) is 14.2 Å². The van der Waals surface area contributed by atoms with E-state index < -0.39 is 0 Å². The van der Waals surface area contributed by atoms with Crippen molar-refractivity contribution < 1.29 is 14.2 Å². The molecule has 0 N–H and O–H groups in total. The van der Waals surface area contributed by atoms with Gasteiger partial charge in [-0.15, -0.1) is 0 Å². The molecule has 0 aromatic heterocycles. The van der Waals surface area contributed by atoms with Crippen LogP contribution >= 0.6 is 0 Å². The lowest BCUT2D eigenvalue weighted by Gasteiger charge is -2.12. The Balaban J connectivity index is 3.13. The Hall–Kier alpha value is -0.540. The van der Waals surface area contributed by atoms with Gasteiger partial charge < -0.3 is 14.2 Å². The highest BCUT2D eigenvalue weighted by molar-refractivity contribution is 4.72. The van der Waals surface area contributed by atoms with E-state index in [9.17, 15) is 0 Å². The van der Waals surface area contributed by atoms with E-state index >= 15 is 0 Å². The van der Waals surface area contributed by atoms with Gasteiger partial charge in [-0.05, 0) is 20.8 Å². The second kappa shape index (κ2) is 7.13. The summed E-state index contributed by atoms with van der Waals surface area (Å²) in [5, 5.41) is 0. The molecule has 0 aliphatic rings. The van der Waals surface area contributed by atoms with Gasteiger partial charge in [-0.3, -0.25) is 0 Å². The summed E-state index contributed by atoms with van der Waals surface area (Å²) in [4.78, 5) is 0. The van der Waals surface area contributed by atoms with Crippen molar-refractivity contribution >= 4 is 0 Å². The summed E-state index contributed by atoms with van der Waals surface area (Å²) in [7, 11) is 0. The minimum Gasteiger partial charge on any atom is -0.496 e. The van der Waals surface area contributed by atoms with Crippen LogP contribution in [-0.2, 0) is 14.2 Å². The normalized spacial score (nSPS) is 12.6. The van der Waals surface area contributed by atoms with Gasteiger partial charge in [0.1, 0.15) is 6.61 Å². The van der Waals surface area contributed by atoms with Crippen LogP contribution in [0.25, 0.3) is 0 Å². The molecule has 12 heavy (non-hydrogen) atoms. The summed E-state index contributed by atoms with van der Waals surface area (Å²) in [6, 6.07) is 0. The molecule has 0 bridgehead atoms. The highest BCUT2D eigenvalue weighted by Gasteiger charge is 1.98. The van der Waals surface area contributed by atoms with Crippen LogP contribution in [0.1, 0.15) is 20.8 Å². The first kappa shape index (κ1) is 11.5. The summed E-state index contributed by atoms with van der Waals surface area (Å²) < 4.78 is 15.5. The van der Waals surface area contributed by atoms with E-state index in [0.717, 1.165) is 0 Å². The predicted molar refractivity (Wildman–Crippen MR) is 47.8 cm³/mol. The third-order valence-corrected chi connectivity index (χ3v) is 1.19. The predicted octanol–water partition coefficient (Wildman–Crippen LogP) is 1.94. The first-order valence-electron chi connectivity index (χ1n) is 4.18. The first-order chi connectivity index (χ1) is 5.66. The van der Waals surface area contributed by atoms with Crippen LogP contribution in [0.4, 0.5) is 0 Å². The monoisotopic (exact) mass is 174 g/mol. The van der Waals surface area contributed by atoms with Gasteiger partial charge in [0.25, 0.3) is 0 Å². The fraction of sp³-hybridized carbons (Fsp3) is 0.778. The van der Waals surface area contributed by atoms with E-state index in [0.29, 0.717) is 25.6 Å². The maximum Gasteiger partial charge on any atom is 0.154 e. The van der Waals surface area contributed by atoms with Crippen molar-refractivity contribution in [3.05, 3.63) is 12.3 Å². The van der Waals surface area contributed by atoms with Crippen molar-refractivity contribution in [1.82, 2.24) is 0 Å². The molecule has 0 heterocycles. The molecule has 0 rings (SSSR count). The van der Waals surface area contributed by atoms with Crippen molar-refractivity contribution in [3.8, 4) is 0 Å². The average molecular weight is 174 g/mol. The lowest BCUT2D eigenvalue weighted by molar-refractivity contribution is -0.133. The topological polar surface area (TPSA) is 27.7 Å². The molecular formula is C9H18O3. The van der Waals surface area contributed by atoms with Crippen LogP contribution in [-0.4, -0.2) is 26.1 Å². The summed E-state index contributed by atoms with van der Waals surface area (Å²) in [5.74, 6) is 0.711. The van der Waals surface area contributed by atoms with Crippen LogP contribution in [0.2, 0.25) is 0 Å². The molecule has 0 amide bonds. The SMILES string of the molecule is C=C(C)OCCOC(C)OCC. The number of rotatable bonds is 7. The van der Waals surface area contributed by atoms with E-state index in [2.05, 4.69) is 6.58 Å². The first-order valence-corrected chi connectivity index (χ1v) is 4.18. The summed E-state index contributed by atoms with van der Waals surface area (Å²) in [6.45, 7) is 11.0. The standard InChI is InChI=1S/C9H18O3/c1-5-10-9(4)12-7-6-11-8(2)3/h9H,2,5-7H2,1,3-4H3. The van der Waals surface area contributed by atoms with Crippen LogP contribution in [0.3, 0.4) is 0 Å². The molecule has 0 spiro atoms. The van der Waals surface area contributed by atoms with Crippen LogP contribution in [0.15, 0.2) is 12.3 Å². The molecule has 3 nitrogen and oxygen atoms in total. The Morgan fingerprint density at radius 2 is 2.00 bits per heavy atom. The van der Waals surface area contributed by atoms with Gasteiger partial charge in [-0.25, -0.2) is 0 Å². The molecule has 0 aromatic carbocycles. The summed E-state index contributed by atoms with van der Waals surface area (Å²) in [6.07, 6.45) is -0.149. The Kier molecular flexibility index (Phi) is 6.81. The molecule has 0 aliphatic heterocycles. The molecule has 3 heteroatoms. The number of allylic oxidation sites excluding steroid dienone is 1. The quantitative estimate of drug-likeness (QED) is 0.335. The highest BCUT2D eigenvalue weighted by atomic mass is 16.7. The fourth-order valence-electron chi connectivity index (χ4n) is 0.713. The highest BCUT2D eigenvalue weighted by Crippen LogP contribution is 1.94. The Labute approximate surface area is 74.3 Å². The zero-order valence-corrected chi connectivity index (χ0v) is 8.13. The summed E-state index contributed by atoms with van der Waals surface area (Å²) in [5.41, 5.74) is 0. The number of ether oxygens (including phenoxy) is 3. The molecule has 1 unspecified atom stereocenters. The minimum absolute atomic E-state index is 0.149. The van der Waals surface area contributed by atoms with E-state index in [1.54, 1.807) is 0 Å². The third-order valence-electron chi connectivity index (χ3n) is 1.19. The van der Waals surface area contributed by atoms with E-state index in [1.807, 2.05) is 20.8 Å². The lowest BCUT2D eigenvalue weighted by Crippen LogP contribution is -2.15. The largest absolute Gasteiger partial charge is 0.496 e. The van der Waals surface area contributed by atoms with Gasteiger partial charge in [0, 0.05) is 6.61 Å². The molecule has 0 aliphatic carbocycles. The molecule has 0 aromatic rings. The van der Waals surface area contributed by atoms with Crippen molar-refractivity contribution in [2.45, 2.75) is 27.1 Å². The van der Waals surface area contributed by atoms with Gasteiger partial charge in [-0.1, -0.05) is 6.58 Å². The Bertz CT molecular complexity index is 123. The smallest absolute Gasteiger partial charge is 0.154 e. The van der Waals surface area contributed by atoms with Crippen molar-refractivity contribution in [3.63, 3.8) is 0 Å². The number of hydrogen-bond donors (Lipinski definition) is 0. The van der Waals surface area contributed by atoms with Gasteiger partial charge in [0.2, 0.25) is 0 Å². The molecule has 0 fully saturated rings. The van der Waals surface area contributed by atoms with Crippen molar-refractivity contribution in [2.75, 3.05) is 19.8 Å². The van der Waals surface area contributed by atoms with Crippen LogP contribution in [0, 0.1) is 0 Å². The van der Waals surface area contributed by atoms with Crippen LogP contribution in [0.5, 0.6) is 0 Å². The number of hydrogen-bond acceptors (Lipinski definition) is 3. The zero-order valence-electron chi connectivity index (χ0n) is 8.13. The zero-order chi connectivity index (χ0) is 9.40. The maximum absolute atomic E-state index is 5.24. The molecular weight excluding hydrogens is 156 g/mol. The Morgan fingerprint density at radius 1 is 1.33 bits per heavy atom.